The summed E-state index contributed by atoms with van der Waals surface area (Å²) in [6.07, 6.45) is -2.08. The first kappa shape index (κ1) is 13.9. The highest BCUT2D eigenvalue weighted by atomic mass is 19.1. The largest absolute Gasteiger partial charge is 0.494 e. The second-order valence-corrected chi connectivity index (χ2v) is 5.15. The van der Waals surface area contributed by atoms with Crippen LogP contribution in [-0.2, 0) is 0 Å². The zero-order valence-corrected chi connectivity index (χ0v) is 10.6. The minimum atomic E-state index is -1.12. The molecule has 4 heteroatoms. The average molecular weight is 242 g/mol. The number of aliphatic hydroxyl groups excluding tert-OH is 2. The lowest BCUT2D eigenvalue weighted by molar-refractivity contribution is -0.0459. The van der Waals surface area contributed by atoms with Crippen molar-refractivity contribution < 1.29 is 19.3 Å². The molecule has 0 fully saturated rings. The molecule has 2 atom stereocenters. The van der Waals surface area contributed by atoms with Crippen molar-refractivity contribution in [3.63, 3.8) is 0 Å². The van der Waals surface area contributed by atoms with Gasteiger partial charge in [-0.25, -0.2) is 4.39 Å². The molecule has 0 saturated heterocycles. The number of benzene rings is 1. The monoisotopic (exact) mass is 242 g/mol. The molecule has 0 aliphatic rings. The van der Waals surface area contributed by atoms with Crippen LogP contribution < -0.4 is 4.74 Å². The molecule has 0 amide bonds. The predicted octanol–water partition coefficient (Wildman–Crippen LogP) is 2.27. The SMILES string of the molecule is COc1ccc(C(O)C(O)C(C)(C)C)cc1F. The van der Waals surface area contributed by atoms with Gasteiger partial charge in [-0.05, 0) is 23.1 Å². The van der Waals surface area contributed by atoms with Crippen LogP contribution in [0, 0.1) is 11.2 Å². The third kappa shape index (κ3) is 3.17. The van der Waals surface area contributed by atoms with Crippen LogP contribution in [0.2, 0.25) is 0 Å². The van der Waals surface area contributed by atoms with Gasteiger partial charge in [-0.2, -0.15) is 0 Å². The van der Waals surface area contributed by atoms with E-state index in [4.69, 9.17) is 4.74 Å². The third-order valence-electron chi connectivity index (χ3n) is 2.70. The fraction of sp³-hybridized carbons (Fsp3) is 0.538. The van der Waals surface area contributed by atoms with Crippen LogP contribution in [0.1, 0.15) is 32.4 Å². The molecule has 1 aromatic carbocycles. The number of ether oxygens (including phenoxy) is 1. The van der Waals surface area contributed by atoms with Gasteiger partial charge in [0, 0.05) is 0 Å². The zero-order chi connectivity index (χ0) is 13.2. The van der Waals surface area contributed by atoms with Gasteiger partial charge in [-0.3, -0.25) is 0 Å². The minimum absolute atomic E-state index is 0.117. The molecule has 1 aromatic rings. The van der Waals surface area contributed by atoms with E-state index in [0.717, 1.165) is 0 Å². The highest BCUT2D eigenvalue weighted by Crippen LogP contribution is 2.31. The average Bonchev–Trinajstić information content (AvgIpc) is 2.25. The molecule has 17 heavy (non-hydrogen) atoms. The van der Waals surface area contributed by atoms with Crippen molar-refractivity contribution >= 4 is 0 Å². The minimum Gasteiger partial charge on any atom is -0.494 e. The molecule has 96 valence electrons. The predicted molar refractivity (Wildman–Crippen MR) is 63.4 cm³/mol. The molecular formula is C13H19FO3. The standard InChI is InChI=1S/C13H19FO3/c1-13(2,3)12(16)11(15)8-5-6-10(17-4)9(14)7-8/h5-7,11-12,15-16H,1-4H3. The number of hydrogen-bond donors (Lipinski definition) is 2. The molecule has 1 rings (SSSR count). The summed E-state index contributed by atoms with van der Waals surface area (Å²) >= 11 is 0. The van der Waals surface area contributed by atoms with E-state index in [9.17, 15) is 14.6 Å². The summed E-state index contributed by atoms with van der Waals surface area (Å²) in [5, 5.41) is 19.9. The van der Waals surface area contributed by atoms with Gasteiger partial charge in [0.05, 0.1) is 13.2 Å². The van der Waals surface area contributed by atoms with Gasteiger partial charge in [0.1, 0.15) is 6.10 Å². The molecule has 2 unspecified atom stereocenters. The van der Waals surface area contributed by atoms with E-state index in [1.807, 2.05) is 0 Å². The highest BCUT2D eigenvalue weighted by Gasteiger charge is 2.30. The first-order chi connectivity index (χ1) is 7.77. The van der Waals surface area contributed by atoms with Gasteiger partial charge >= 0.3 is 0 Å². The van der Waals surface area contributed by atoms with E-state index in [0.29, 0.717) is 5.56 Å². The van der Waals surface area contributed by atoms with Gasteiger partial charge in [0.25, 0.3) is 0 Å². The summed E-state index contributed by atoms with van der Waals surface area (Å²) in [6.45, 7) is 5.42. The van der Waals surface area contributed by atoms with Gasteiger partial charge in [0.2, 0.25) is 0 Å². The van der Waals surface area contributed by atoms with E-state index in [1.54, 1.807) is 26.8 Å². The number of rotatable bonds is 3. The summed E-state index contributed by atoms with van der Waals surface area (Å²) in [4.78, 5) is 0. The van der Waals surface area contributed by atoms with E-state index in [-0.39, 0.29) is 5.75 Å². The van der Waals surface area contributed by atoms with Crippen LogP contribution in [-0.4, -0.2) is 23.4 Å². The maximum atomic E-state index is 13.5. The molecule has 0 aliphatic heterocycles. The lowest BCUT2D eigenvalue weighted by atomic mass is 9.83. The van der Waals surface area contributed by atoms with Crippen molar-refractivity contribution in [2.75, 3.05) is 7.11 Å². The summed E-state index contributed by atoms with van der Waals surface area (Å²) in [6, 6.07) is 4.16. The maximum absolute atomic E-state index is 13.5. The van der Waals surface area contributed by atoms with Crippen LogP contribution in [0.25, 0.3) is 0 Å². The van der Waals surface area contributed by atoms with Gasteiger partial charge in [-0.1, -0.05) is 26.8 Å². The number of hydrogen-bond acceptors (Lipinski definition) is 3. The Morgan fingerprint density at radius 3 is 2.24 bits per heavy atom. The van der Waals surface area contributed by atoms with E-state index in [2.05, 4.69) is 0 Å². The van der Waals surface area contributed by atoms with E-state index in [1.165, 1.54) is 19.2 Å². The normalized spacial score (nSPS) is 15.5. The molecule has 0 spiro atoms. The molecule has 0 radical (unpaired) electrons. The Morgan fingerprint density at radius 2 is 1.82 bits per heavy atom. The van der Waals surface area contributed by atoms with E-state index < -0.39 is 23.4 Å². The highest BCUT2D eigenvalue weighted by molar-refractivity contribution is 5.31. The molecule has 0 aromatic heterocycles. The first-order valence-corrected chi connectivity index (χ1v) is 5.47. The molecular weight excluding hydrogens is 223 g/mol. The van der Waals surface area contributed by atoms with E-state index >= 15 is 0 Å². The van der Waals surface area contributed by atoms with Crippen molar-refractivity contribution in [1.29, 1.82) is 0 Å². The fourth-order valence-corrected chi connectivity index (χ4v) is 1.52. The van der Waals surface area contributed by atoms with Gasteiger partial charge < -0.3 is 14.9 Å². The summed E-state index contributed by atoms with van der Waals surface area (Å²) in [7, 11) is 1.37. The summed E-state index contributed by atoms with van der Waals surface area (Å²) in [5.74, 6) is -0.434. The molecule has 0 heterocycles. The Labute approximate surface area is 101 Å². The molecule has 2 N–H and O–H groups in total. The Morgan fingerprint density at radius 1 is 1.24 bits per heavy atom. The number of halogens is 1. The first-order valence-electron chi connectivity index (χ1n) is 5.47. The molecule has 0 saturated carbocycles. The van der Waals surface area contributed by atoms with Crippen LogP contribution in [0.3, 0.4) is 0 Å². The van der Waals surface area contributed by atoms with Crippen molar-refractivity contribution in [3.8, 4) is 5.75 Å². The van der Waals surface area contributed by atoms with Crippen molar-refractivity contribution in [2.45, 2.75) is 33.0 Å². The molecule has 3 nitrogen and oxygen atoms in total. The van der Waals surface area contributed by atoms with Crippen molar-refractivity contribution in [2.24, 2.45) is 5.41 Å². The Balaban J connectivity index is 2.97. The Kier molecular flexibility index (Phi) is 4.11. The third-order valence-corrected chi connectivity index (χ3v) is 2.70. The van der Waals surface area contributed by atoms with Crippen molar-refractivity contribution in [3.05, 3.63) is 29.6 Å². The van der Waals surface area contributed by atoms with Crippen molar-refractivity contribution in [1.82, 2.24) is 0 Å². The second-order valence-electron chi connectivity index (χ2n) is 5.15. The quantitative estimate of drug-likeness (QED) is 0.855. The second kappa shape index (κ2) is 5.02. The van der Waals surface area contributed by atoms with Crippen LogP contribution >= 0.6 is 0 Å². The zero-order valence-electron chi connectivity index (χ0n) is 10.6. The smallest absolute Gasteiger partial charge is 0.165 e. The lowest BCUT2D eigenvalue weighted by Crippen LogP contribution is -2.32. The van der Waals surface area contributed by atoms with Crippen LogP contribution in [0.4, 0.5) is 4.39 Å². The Hall–Kier alpha value is -1.13. The topological polar surface area (TPSA) is 49.7 Å². The summed E-state index contributed by atoms with van der Waals surface area (Å²) in [5.41, 5.74) is -0.138. The number of methoxy groups -OCH3 is 1. The van der Waals surface area contributed by atoms with Crippen LogP contribution in [0.5, 0.6) is 5.75 Å². The number of aliphatic hydroxyl groups is 2. The molecule has 0 aliphatic carbocycles. The van der Waals surface area contributed by atoms with Gasteiger partial charge in [-0.15, -0.1) is 0 Å². The lowest BCUT2D eigenvalue weighted by Gasteiger charge is -2.30. The van der Waals surface area contributed by atoms with Crippen LogP contribution in [0.15, 0.2) is 18.2 Å². The fourth-order valence-electron chi connectivity index (χ4n) is 1.52. The maximum Gasteiger partial charge on any atom is 0.165 e. The van der Waals surface area contributed by atoms with Gasteiger partial charge in [0.15, 0.2) is 11.6 Å². The molecule has 0 bridgehead atoms. The Bertz CT molecular complexity index is 385. The summed E-state index contributed by atoms with van der Waals surface area (Å²) < 4.78 is 18.2.